The summed E-state index contributed by atoms with van der Waals surface area (Å²) in [5, 5.41) is 3.71. The summed E-state index contributed by atoms with van der Waals surface area (Å²) in [5.41, 5.74) is 9.04. The lowest BCUT2D eigenvalue weighted by Gasteiger charge is -2.14. The molecule has 0 saturated carbocycles. The van der Waals surface area contributed by atoms with Gasteiger partial charge in [-0.2, -0.15) is 0 Å². The minimum atomic E-state index is -0.327. The summed E-state index contributed by atoms with van der Waals surface area (Å²) in [5.74, 6) is -0.327. The van der Waals surface area contributed by atoms with Crippen molar-refractivity contribution in [1.29, 1.82) is 0 Å². The van der Waals surface area contributed by atoms with E-state index in [0.717, 1.165) is 0 Å². The van der Waals surface area contributed by atoms with Gasteiger partial charge < -0.3 is 4.74 Å². The molecule has 80 valence electrons. The molecule has 6 heteroatoms. The second-order valence-electron chi connectivity index (χ2n) is 3.81. The van der Waals surface area contributed by atoms with Crippen LogP contribution in [0, 0.1) is 0 Å². The van der Waals surface area contributed by atoms with E-state index in [0.29, 0.717) is 12.0 Å². The molecule has 1 fully saturated rings. The molecular weight excluding hydrogens is 196 g/mol. The van der Waals surface area contributed by atoms with Crippen LogP contribution in [0.25, 0.3) is 10.4 Å². The average Bonchev–Trinajstić information content (AvgIpc) is 2.89. The lowest BCUT2D eigenvalue weighted by molar-refractivity contribution is -0.136. The summed E-state index contributed by atoms with van der Waals surface area (Å²) < 4.78 is 4.66. The van der Waals surface area contributed by atoms with E-state index in [1.165, 1.54) is 7.11 Å². The highest BCUT2D eigenvalue weighted by Gasteiger charge is 2.51. The number of carbonyl (C=O) groups excluding carboxylic acids is 1. The number of hydrogen-bond acceptors (Lipinski definition) is 4. The van der Waals surface area contributed by atoms with Gasteiger partial charge in [-0.1, -0.05) is 11.2 Å². The Labute approximate surface area is 87.1 Å². The van der Waals surface area contributed by atoms with Crippen molar-refractivity contribution in [2.45, 2.75) is 24.5 Å². The normalized spacial score (nSPS) is 37.1. The molecule has 15 heavy (non-hydrogen) atoms. The van der Waals surface area contributed by atoms with E-state index in [9.17, 15) is 4.79 Å². The van der Waals surface area contributed by atoms with Gasteiger partial charge in [-0.3, -0.25) is 4.90 Å². The van der Waals surface area contributed by atoms with Gasteiger partial charge in [0.05, 0.1) is 13.2 Å². The molecule has 4 unspecified atom stereocenters. The number of esters is 1. The van der Waals surface area contributed by atoms with Crippen LogP contribution >= 0.6 is 0 Å². The first-order chi connectivity index (χ1) is 7.19. The van der Waals surface area contributed by atoms with Gasteiger partial charge in [-0.05, 0) is 19.0 Å². The smallest absolute Gasteiger partial charge is 0.333 e. The maximum atomic E-state index is 11.3. The number of rotatable bonds is 2. The van der Waals surface area contributed by atoms with Crippen LogP contribution in [0.5, 0.6) is 0 Å². The summed E-state index contributed by atoms with van der Waals surface area (Å²) in [6, 6.07) is 0.335. The fraction of sp³-hybridized carbons (Fsp3) is 0.667. The first kappa shape index (κ1) is 10.0. The molecule has 1 heterocycles. The van der Waals surface area contributed by atoms with Crippen LogP contribution in [-0.4, -0.2) is 43.2 Å². The molecule has 0 spiro atoms. The SMILES string of the molecule is COC(=O)C1=CC2C(C(N=[N+]=[N-])C1)N2C. The Morgan fingerprint density at radius 3 is 3.13 bits per heavy atom. The number of fused-ring (bicyclic) bond motifs is 1. The molecule has 2 rings (SSSR count). The fourth-order valence-electron chi connectivity index (χ4n) is 2.18. The Morgan fingerprint density at radius 1 is 1.80 bits per heavy atom. The Kier molecular flexibility index (Phi) is 2.38. The maximum absolute atomic E-state index is 11.3. The molecule has 0 aromatic carbocycles. The maximum Gasteiger partial charge on any atom is 0.333 e. The summed E-state index contributed by atoms with van der Waals surface area (Å²) in [6.07, 6.45) is 2.38. The molecule has 0 radical (unpaired) electrons. The van der Waals surface area contributed by atoms with E-state index >= 15 is 0 Å². The van der Waals surface area contributed by atoms with E-state index in [2.05, 4.69) is 19.7 Å². The molecule has 4 atom stereocenters. The van der Waals surface area contributed by atoms with Gasteiger partial charge in [-0.25, -0.2) is 4.79 Å². The molecule has 6 nitrogen and oxygen atoms in total. The summed E-state index contributed by atoms with van der Waals surface area (Å²) >= 11 is 0. The first-order valence-corrected chi connectivity index (χ1v) is 4.74. The van der Waals surface area contributed by atoms with Crippen LogP contribution in [0.15, 0.2) is 16.8 Å². The summed E-state index contributed by atoms with van der Waals surface area (Å²) in [7, 11) is 3.31. The Hall–Kier alpha value is -1.52. The molecule has 1 saturated heterocycles. The van der Waals surface area contributed by atoms with Gasteiger partial charge in [0, 0.05) is 22.6 Å². The third-order valence-electron chi connectivity index (χ3n) is 3.04. The van der Waals surface area contributed by atoms with Gasteiger partial charge in [0.25, 0.3) is 0 Å². The van der Waals surface area contributed by atoms with E-state index in [1.54, 1.807) is 0 Å². The quantitative estimate of drug-likeness (QED) is 0.222. The number of azide groups is 1. The van der Waals surface area contributed by atoms with Gasteiger partial charge in [0.1, 0.15) is 0 Å². The van der Waals surface area contributed by atoms with Crippen molar-refractivity contribution in [3.05, 3.63) is 22.1 Å². The zero-order valence-electron chi connectivity index (χ0n) is 8.62. The van der Waals surface area contributed by atoms with Crippen LogP contribution in [0.3, 0.4) is 0 Å². The second-order valence-corrected chi connectivity index (χ2v) is 3.81. The van der Waals surface area contributed by atoms with Crippen molar-refractivity contribution in [3.8, 4) is 0 Å². The number of likely N-dealkylation sites (N-methyl/N-ethyl adjacent to an activating group) is 1. The average molecular weight is 208 g/mol. The fourth-order valence-corrected chi connectivity index (χ4v) is 2.18. The van der Waals surface area contributed by atoms with Crippen LogP contribution in [-0.2, 0) is 9.53 Å². The van der Waals surface area contributed by atoms with Gasteiger partial charge in [-0.15, -0.1) is 0 Å². The Bertz CT molecular complexity index is 372. The van der Waals surface area contributed by atoms with Crippen molar-refractivity contribution in [2.75, 3.05) is 14.2 Å². The van der Waals surface area contributed by atoms with E-state index in [4.69, 9.17) is 5.53 Å². The first-order valence-electron chi connectivity index (χ1n) is 4.74. The van der Waals surface area contributed by atoms with Crippen molar-refractivity contribution < 1.29 is 9.53 Å². The zero-order chi connectivity index (χ0) is 11.0. The van der Waals surface area contributed by atoms with Crippen LogP contribution in [0.2, 0.25) is 0 Å². The highest BCUT2D eigenvalue weighted by molar-refractivity contribution is 5.89. The highest BCUT2D eigenvalue weighted by atomic mass is 16.5. The molecule has 0 bridgehead atoms. The molecule has 0 N–H and O–H groups in total. The van der Waals surface area contributed by atoms with Crippen molar-refractivity contribution in [3.63, 3.8) is 0 Å². The minimum absolute atomic E-state index is 0.149. The predicted octanol–water partition coefficient (Wildman–Crippen LogP) is 0.851. The zero-order valence-corrected chi connectivity index (χ0v) is 8.62. The number of hydrogen-bond donors (Lipinski definition) is 0. The van der Waals surface area contributed by atoms with Crippen molar-refractivity contribution in [1.82, 2.24) is 4.90 Å². The third-order valence-corrected chi connectivity index (χ3v) is 3.04. The largest absolute Gasteiger partial charge is 0.466 e. The van der Waals surface area contributed by atoms with Gasteiger partial charge in [0.15, 0.2) is 0 Å². The van der Waals surface area contributed by atoms with E-state index in [-0.39, 0.29) is 24.1 Å². The predicted molar refractivity (Wildman–Crippen MR) is 53.0 cm³/mol. The Balaban J connectivity index is 2.20. The van der Waals surface area contributed by atoms with Crippen LogP contribution in [0.1, 0.15) is 6.42 Å². The Morgan fingerprint density at radius 2 is 2.53 bits per heavy atom. The monoisotopic (exact) mass is 208 g/mol. The molecule has 1 aliphatic heterocycles. The lowest BCUT2D eigenvalue weighted by Crippen LogP contribution is -2.23. The lowest BCUT2D eigenvalue weighted by atomic mass is 9.95. The molecule has 0 aromatic rings. The van der Waals surface area contributed by atoms with Gasteiger partial charge >= 0.3 is 5.97 Å². The minimum Gasteiger partial charge on any atom is -0.466 e. The molecule has 0 aromatic heterocycles. The molecule has 2 aliphatic rings. The summed E-state index contributed by atoms with van der Waals surface area (Å²) in [6.45, 7) is 0. The number of nitrogens with zero attached hydrogens (tertiary/aromatic N) is 4. The third kappa shape index (κ3) is 1.58. The van der Waals surface area contributed by atoms with Crippen molar-refractivity contribution >= 4 is 5.97 Å². The van der Waals surface area contributed by atoms with Crippen LogP contribution < -0.4 is 0 Å². The second kappa shape index (κ2) is 3.56. The van der Waals surface area contributed by atoms with Gasteiger partial charge in [0.2, 0.25) is 0 Å². The molecule has 1 aliphatic carbocycles. The highest BCUT2D eigenvalue weighted by Crippen LogP contribution is 2.39. The standard InChI is InChI=1S/C9H12N4O2/c1-13-7-4-5(9(14)15-2)3-6(8(7)13)11-12-10/h4,6-8H,3H2,1-2H3. The summed E-state index contributed by atoms with van der Waals surface area (Å²) in [4.78, 5) is 16.2. The topological polar surface area (TPSA) is 78.1 Å². The number of ether oxygens (including phenoxy) is 1. The number of methoxy groups -OCH3 is 1. The van der Waals surface area contributed by atoms with Crippen molar-refractivity contribution in [2.24, 2.45) is 5.11 Å². The molecule has 0 amide bonds. The number of carbonyl (C=O) groups is 1. The van der Waals surface area contributed by atoms with E-state index < -0.39 is 0 Å². The van der Waals surface area contributed by atoms with E-state index in [1.807, 2.05) is 13.1 Å². The molecular formula is C9H12N4O2. The van der Waals surface area contributed by atoms with Crippen LogP contribution in [0.4, 0.5) is 0 Å².